The largest absolute Gasteiger partial charge is 0.479 e. The second kappa shape index (κ2) is 19.4. The zero-order valence-electron chi connectivity index (χ0n) is 30.8. The average Bonchev–Trinajstić information content (AvgIpc) is 3.46. The molecule has 2 heterocycles. The molecule has 0 saturated heterocycles. The van der Waals surface area contributed by atoms with Crippen LogP contribution in [0, 0.1) is 0 Å². The number of hydrogen-bond acceptors (Lipinski definition) is 12. The smallest absolute Gasteiger partial charge is 0.331 e. The summed E-state index contributed by atoms with van der Waals surface area (Å²) in [6, 6.07) is 10.7. The van der Waals surface area contributed by atoms with Gasteiger partial charge in [0.2, 0.25) is 11.6 Å². The van der Waals surface area contributed by atoms with E-state index in [0.717, 1.165) is 70.2 Å². The molecule has 290 valence electrons. The summed E-state index contributed by atoms with van der Waals surface area (Å²) in [4.78, 5) is 28.3. The number of hydroxylamine groups is 1. The zero-order chi connectivity index (χ0) is 39.4. The fraction of sp³-hybridized carbons (Fsp3) is 0.417. The average molecular weight is 777 g/mol. The fourth-order valence-corrected chi connectivity index (χ4v) is 7.36. The van der Waals surface area contributed by atoms with Crippen molar-refractivity contribution in [3.05, 3.63) is 83.6 Å². The van der Waals surface area contributed by atoms with Crippen LogP contribution in [0.2, 0.25) is 0 Å². The minimum Gasteiger partial charge on any atom is -0.479 e. The van der Waals surface area contributed by atoms with Crippen LogP contribution < -0.4 is 21.6 Å². The van der Waals surface area contributed by atoms with Crippen molar-refractivity contribution in [3.8, 4) is 0 Å². The quantitative estimate of drug-likeness (QED) is 0.0138. The second-order valence-electron chi connectivity index (χ2n) is 13.2. The van der Waals surface area contributed by atoms with E-state index in [1.54, 1.807) is 12.1 Å². The molecule has 2 aliphatic heterocycles. The number of carbonyl (C=O) groups is 2. The van der Waals surface area contributed by atoms with E-state index in [0.29, 0.717) is 19.4 Å². The SMILES string of the molecule is CCN1C(=CC=CC=CC2=[N+](CCCCCC(=O)NN)c3ccc(S(=O)(=O)O)cc3C2(C)C)C(C)(C)c2cc(SOOO)ccc21.CNOCC(=O)O. The highest BCUT2D eigenvalue weighted by Gasteiger charge is 2.45. The number of fused-ring (bicyclic) bond motifs is 2. The maximum atomic E-state index is 11.9. The van der Waals surface area contributed by atoms with Gasteiger partial charge >= 0.3 is 5.97 Å². The number of anilines is 1. The lowest BCUT2D eigenvalue weighted by Crippen LogP contribution is -2.29. The highest BCUT2D eigenvalue weighted by atomic mass is 32.2. The van der Waals surface area contributed by atoms with Crippen molar-refractivity contribution in [2.24, 2.45) is 5.84 Å². The van der Waals surface area contributed by atoms with Gasteiger partial charge in [-0.3, -0.25) is 19.6 Å². The van der Waals surface area contributed by atoms with E-state index >= 15 is 0 Å². The minimum absolute atomic E-state index is 0.135. The Morgan fingerprint density at radius 1 is 1.02 bits per heavy atom. The van der Waals surface area contributed by atoms with Gasteiger partial charge in [0.1, 0.15) is 6.54 Å². The number of allylic oxidation sites excluding steroid dienone is 6. The van der Waals surface area contributed by atoms with Crippen LogP contribution in [0.4, 0.5) is 11.4 Å². The molecule has 15 nitrogen and oxygen atoms in total. The molecular weight excluding hydrogens is 727 g/mol. The molecule has 0 spiro atoms. The molecule has 2 aliphatic rings. The van der Waals surface area contributed by atoms with Gasteiger partial charge < -0.3 is 10.0 Å². The molecule has 2 aromatic rings. The Morgan fingerprint density at radius 3 is 2.36 bits per heavy atom. The number of benzene rings is 2. The van der Waals surface area contributed by atoms with Crippen LogP contribution in [-0.4, -0.2) is 72.2 Å². The van der Waals surface area contributed by atoms with Crippen LogP contribution in [0.1, 0.15) is 71.4 Å². The van der Waals surface area contributed by atoms with Crippen LogP contribution in [0.5, 0.6) is 0 Å². The highest BCUT2D eigenvalue weighted by Crippen LogP contribution is 2.49. The van der Waals surface area contributed by atoms with Crippen LogP contribution in [0.3, 0.4) is 0 Å². The molecule has 53 heavy (non-hydrogen) atoms. The molecular formula is C36H50N5O10S2+. The molecule has 0 aliphatic carbocycles. The van der Waals surface area contributed by atoms with Crippen molar-refractivity contribution >= 4 is 51.1 Å². The Balaban J connectivity index is 0.000000980. The second-order valence-corrected chi connectivity index (χ2v) is 15.3. The molecule has 0 radical (unpaired) electrons. The van der Waals surface area contributed by atoms with Crippen molar-refractivity contribution in [2.45, 2.75) is 80.9 Å². The number of carbonyl (C=O) groups excluding carboxylic acids is 1. The number of likely N-dealkylation sites (N-methyl/N-ethyl adjacent to an activating group) is 1. The van der Waals surface area contributed by atoms with Crippen molar-refractivity contribution in [1.82, 2.24) is 10.9 Å². The first-order chi connectivity index (χ1) is 25.0. The van der Waals surface area contributed by atoms with Crippen LogP contribution in [-0.2, 0) is 44.7 Å². The summed E-state index contributed by atoms with van der Waals surface area (Å²) in [6.45, 7) is 11.7. The van der Waals surface area contributed by atoms with Crippen molar-refractivity contribution in [2.75, 3.05) is 31.6 Å². The first-order valence-corrected chi connectivity index (χ1v) is 19.1. The molecule has 2 aromatic carbocycles. The molecule has 0 saturated carbocycles. The normalized spacial score (nSPS) is 16.6. The number of hydrazine groups is 1. The maximum absolute atomic E-state index is 11.9. The number of carboxylic acids is 1. The van der Waals surface area contributed by atoms with E-state index in [9.17, 15) is 22.6 Å². The first-order valence-electron chi connectivity index (χ1n) is 16.9. The van der Waals surface area contributed by atoms with E-state index in [2.05, 4.69) is 61.4 Å². The monoisotopic (exact) mass is 776 g/mol. The van der Waals surface area contributed by atoms with E-state index in [-0.39, 0.29) is 22.8 Å². The van der Waals surface area contributed by atoms with E-state index in [1.807, 2.05) is 56.4 Å². The summed E-state index contributed by atoms with van der Waals surface area (Å²) >= 11 is 0.938. The highest BCUT2D eigenvalue weighted by molar-refractivity contribution is 7.94. The van der Waals surface area contributed by atoms with Crippen LogP contribution in [0.25, 0.3) is 0 Å². The standard InChI is InChI=1S/C33H42N4O7S2.C3H7NO3/c1-6-36-27-18-16-23(45-44-43-39)21-25(27)32(2,3)29(36)13-9-7-10-14-30-33(4,5)26-22-24(46(40,41)42)17-19-28(26)37(30)20-12-8-11-15-31(38)35-34;1-4-7-2-3(5)6/h7,9-10,13-14,16-19,21-22H,6,8,11-12,15,20,34H2,1-5H3,(H2-,35,38,39,40,41,42);4H,2H2,1H3,(H,5,6)/p+1. The Morgan fingerprint density at radius 2 is 1.75 bits per heavy atom. The zero-order valence-corrected chi connectivity index (χ0v) is 32.4. The molecule has 17 heteroatoms. The van der Waals surface area contributed by atoms with Gasteiger partial charge in [-0.15, -0.1) is 4.33 Å². The van der Waals surface area contributed by atoms with Gasteiger partial charge in [0.05, 0.1) is 22.4 Å². The third-order valence-electron chi connectivity index (χ3n) is 9.02. The van der Waals surface area contributed by atoms with Gasteiger partial charge in [0.15, 0.2) is 12.3 Å². The number of hydrogen-bond donors (Lipinski definition) is 6. The van der Waals surface area contributed by atoms with Gasteiger partial charge in [-0.1, -0.05) is 37.1 Å². The maximum Gasteiger partial charge on any atom is 0.331 e. The molecule has 0 aromatic heterocycles. The molecule has 0 fully saturated rings. The predicted molar refractivity (Wildman–Crippen MR) is 202 cm³/mol. The number of aliphatic carboxylic acids is 1. The summed E-state index contributed by atoms with van der Waals surface area (Å²) in [5.41, 5.74) is 9.64. The summed E-state index contributed by atoms with van der Waals surface area (Å²) in [7, 11) is -2.86. The lowest BCUT2D eigenvalue weighted by atomic mass is 9.81. The Hall–Kier alpha value is -3.91. The van der Waals surface area contributed by atoms with Crippen molar-refractivity contribution in [1.29, 1.82) is 0 Å². The summed E-state index contributed by atoms with van der Waals surface area (Å²) < 4.78 is 40.4. The van der Waals surface area contributed by atoms with Crippen LogP contribution >= 0.6 is 12.0 Å². The topological polar surface area (TPSA) is 213 Å². The lowest BCUT2D eigenvalue weighted by Gasteiger charge is -2.25. The number of carboxylic acid groups (broad SMARTS) is 1. The minimum atomic E-state index is -4.36. The lowest BCUT2D eigenvalue weighted by molar-refractivity contribution is -0.438. The number of amides is 1. The Bertz CT molecular complexity index is 1860. The van der Waals surface area contributed by atoms with Crippen molar-refractivity contribution in [3.63, 3.8) is 0 Å². The van der Waals surface area contributed by atoms with Gasteiger partial charge in [-0.2, -0.15) is 13.0 Å². The molecule has 0 atom stereocenters. The van der Waals surface area contributed by atoms with Gasteiger partial charge in [0.25, 0.3) is 10.1 Å². The van der Waals surface area contributed by atoms with E-state index < -0.39 is 21.5 Å². The predicted octanol–water partition coefficient (Wildman–Crippen LogP) is 5.32. The molecule has 4 rings (SSSR count). The molecule has 0 unspecified atom stereocenters. The molecule has 1 amide bonds. The summed E-state index contributed by atoms with van der Waals surface area (Å²) in [5, 5.41) is 20.2. The number of rotatable bonds is 17. The first kappa shape index (κ1) is 43.5. The number of nitrogens with one attached hydrogen (secondary N) is 2. The van der Waals surface area contributed by atoms with Gasteiger partial charge in [-0.25, -0.2) is 21.4 Å². The van der Waals surface area contributed by atoms with Gasteiger partial charge in [0, 0.05) is 65.8 Å². The number of nitrogens with two attached hydrogens (primary N) is 1. The summed E-state index contributed by atoms with van der Waals surface area (Å²) in [6.07, 6.45) is 12.8. The molecule has 0 bridgehead atoms. The van der Waals surface area contributed by atoms with E-state index in [1.165, 1.54) is 13.1 Å². The Labute approximate surface area is 314 Å². The third-order valence-corrected chi connectivity index (χ3v) is 10.4. The van der Waals surface area contributed by atoms with Gasteiger partial charge in [-0.05, 0) is 75.6 Å². The number of nitrogens with zero attached hydrogens (tertiary/aromatic N) is 2. The third kappa shape index (κ3) is 11.1. The number of unbranched alkanes of at least 4 members (excludes halogenated alkanes) is 2. The Kier molecular flexibility index (Phi) is 15.9. The fourth-order valence-electron chi connectivity index (χ4n) is 6.45. The summed E-state index contributed by atoms with van der Waals surface area (Å²) in [5.74, 6) is 4.02. The van der Waals surface area contributed by atoms with Crippen LogP contribution in [0.15, 0.2) is 82.3 Å². The molecule has 7 N–H and O–H groups in total. The van der Waals surface area contributed by atoms with Crippen molar-refractivity contribution < 1.29 is 51.7 Å². The van der Waals surface area contributed by atoms with E-state index in [4.69, 9.17) is 16.2 Å².